The second kappa shape index (κ2) is 9.54. The van der Waals surface area contributed by atoms with Gasteiger partial charge in [-0.25, -0.2) is 13.4 Å². The van der Waals surface area contributed by atoms with Gasteiger partial charge < -0.3 is 4.74 Å². The molecule has 2 heterocycles. The van der Waals surface area contributed by atoms with Gasteiger partial charge in [0.05, 0.1) is 15.1 Å². The van der Waals surface area contributed by atoms with Crippen molar-refractivity contribution in [2.45, 2.75) is 24.3 Å². The number of para-hydroxylation sites is 1. The van der Waals surface area contributed by atoms with E-state index in [0.29, 0.717) is 34.0 Å². The third-order valence-electron chi connectivity index (χ3n) is 5.68. The summed E-state index contributed by atoms with van der Waals surface area (Å²) in [6.07, 6.45) is 1.77. The first-order chi connectivity index (χ1) is 16.5. The highest BCUT2D eigenvalue weighted by Gasteiger charge is 2.27. The van der Waals surface area contributed by atoms with Crippen molar-refractivity contribution in [3.63, 3.8) is 0 Å². The van der Waals surface area contributed by atoms with E-state index < -0.39 is 10.0 Å². The number of carbonyl (C=O) groups excluding carboxylic acids is 1. The van der Waals surface area contributed by atoms with Crippen molar-refractivity contribution in [2.24, 2.45) is 0 Å². The van der Waals surface area contributed by atoms with Crippen LogP contribution in [0.4, 0.5) is 5.13 Å². The third-order valence-corrected chi connectivity index (χ3v) is 8.51. The Kier molecular flexibility index (Phi) is 6.32. The minimum Gasteiger partial charge on any atom is -0.489 e. The summed E-state index contributed by atoms with van der Waals surface area (Å²) in [6, 6.07) is 21.6. The van der Waals surface area contributed by atoms with Crippen LogP contribution in [0.25, 0.3) is 10.2 Å². The fourth-order valence-electron chi connectivity index (χ4n) is 3.91. The van der Waals surface area contributed by atoms with Crippen LogP contribution in [0.3, 0.4) is 0 Å². The fraction of sp³-hybridized carbons (Fsp3) is 0.200. The second-order valence-electron chi connectivity index (χ2n) is 7.97. The van der Waals surface area contributed by atoms with Crippen LogP contribution in [0.15, 0.2) is 77.7 Å². The van der Waals surface area contributed by atoms with Crippen molar-refractivity contribution < 1.29 is 17.9 Å². The molecule has 34 heavy (non-hydrogen) atoms. The Morgan fingerprint density at radius 3 is 2.53 bits per heavy atom. The highest BCUT2D eigenvalue weighted by molar-refractivity contribution is 7.89. The number of ether oxygens (including phenoxy) is 1. The van der Waals surface area contributed by atoms with Crippen molar-refractivity contribution in [3.8, 4) is 5.75 Å². The van der Waals surface area contributed by atoms with E-state index in [4.69, 9.17) is 4.74 Å². The van der Waals surface area contributed by atoms with Crippen LogP contribution in [0, 0.1) is 0 Å². The minimum atomic E-state index is -3.51. The van der Waals surface area contributed by atoms with E-state index in [-0.39, 0.29) is 17.4 Å². The Morgan fingerprint density at radius 2 is 1.74 bits per heavy atom. The summed E-state index contributed by atoms with van der Waals surface area (Å²) in [6.45, 7) is 1.36. The van der Waals surface area contributed by atoms with Gasteiger partial charge in [0.25, 0.3) is 5.91 Å². The quantitative estimate of drug-likeness (QED) is 0.395. The largest absolute Gasteiger partial charge is 0.489 e. The molecule has 1 aromatic heterocycles. The van der Waals surface area contributed by atoms with Crippen LogP contribution in [0.5, 0.6) is 5.75 Å². The summed E-state index contributed by atoms with van der Waals surface area (Å²) in [5.74, 6) is 0.430. The average molecular weight is 494 g/mol. The van der Waals surface area contributed by atoms with Crippen LogP contribution in [-0.2, 0) is 16.6 Å². The van der Waals surface area contributed by atoms with Crippen molar-refractivity contribution in [2.75, 3.05) is 18.4 Å². The van der Waals surface area contributed by atoms with Gasteiger partial charge in [-0.05, 0) is 49.2 Å². The number of benzene rings is 3. The summed E-state index contributed by atoms with van der Waals surface area (Å²) in [5.41, 5.74) is 1.89. The van der Waals surface area contributed by atoms with Crippen molar-refractivity contribution in [1.82, 2.24) is 9.29 Å². The van der Waals surface area contributed by atoms with E-state index in [9.17, 15) is 13.2 Å². The highest BCUT2D eigenvalue weighted by Crippen LogP contribution is 2.30. The predicted molar refractivity (Wildman–Crippen MR) is 133 cm³/mol. The molecule has 1 saturated heterocycles. The average Bonchev–Trinajstić information content (AvgIpc) is 3.53. The van der Waals surface area contributed by atoms with E-state index in [0.717, 1.165) is 24.2 Å². The van der Waals surface area contributed by atoms with Crippen LogP contribution in [0.1, 0.15) is 28.8 Å². The molecule has 9 heteroatoms. The van der Waals surface area contributed by atoms with Gasteiger partial charge in [0, 0.05) is 24.2 Å². The Balaban J connectivity index is 1.34. The number of aromatic nitrogens is 1. The molecular weight excluding hydrogens is 470 g/mol. The van der Waals surface area contributed by atoms with Crippen LogP contribution < -0.4 is 10.1 Å². The van der Waals surface area contributed by atoms with E-state index in [2.05, 4.69) is 10.3 Å². The molecule has 5 rings (SSSR count). The number of carbonyl (C=O) groups is 1. The molecule has 0 unspecified atom stereocenters. The topological polar surface area (TPSA) is 88.6 Å². The summed E-state index contributed by atoms with van der Waals surface area (Å²) in [5, 5.41) is 3.26. The molecule has 1 N–H and O–H groups in total. The molecule has 1 aliphatic rings. The zero-order valence-corrected chi connectivity index (χ0v) is 19.9. The minimum absolute atomic E-state index is 0.255. The first kappa shape index (κ1) is 22.5. The van der Waals surface area contributed by atoms with Gasteiger partial charge >= 0.3 is 0 Å². The van der Waals surface area contributed by atoms with Gasteiger partial charge in [0.2, 0.25) is 10.0 Å². The Labute approximate surface area is 202 Å². The standard InChI is InChI=1S/C25H23N3O4S2/c29-24(21-11-5-4-8-18(21)17-32-19-9-2-1-3-10-19)27-25-26-22-13-12-20(16-23(22)33-25)34(30,31)28-14-6-7-15-28/h1-5,8-13,16H,6-7,14-15,17H2,(H,26,27,29). The number of thiazole rings is 1. The monoisotopic (exact) mass is 493 g/mol. The van der Waals surface area contributed by atoms with Crippen molar-refractivity contribution >= 4 is 42.6 Å². The molecule has 0 bridgehead atoms. The molecule has 0 atom stereocenters. The van der Waals surface area contributed by atoms with Crippen LogP contribution >= 0.6 is 11.3 Å². The molecule has 0 aliphatic carbocycles. The summed E-state index contributed by atoms with van der Waals surface area (Å²) in [4.78, 5) is 17.7. The van der Waals surface area contributed by atoms with E-state index in [1.54, 1.807) is 30.3 Å². The fourth-order valence-corrected chi connectivity index (χ4v) is 6.42. The molecule has 7 nitrogen and oxygen atoms in total. The number of nitrogens with one attached hydrogen (secondary N) is 1. The molecule has 0 saturated carbocycles. The SMILES string of the molecule is O=C(Nc1nc2ccc(S(=O)(=O)N3CCCC3)cc2s1)c1ccccc1COc1ccccc1. The van der Waals surface area contributed by atoms with Gasteiger partial charge in [-0.3, -0.25) is 10.1 Å². The highest BCUT2D eigenvalue weighted by atomic mass is 32.2. The summed E-state index contributed by atoms with van der Waals surface area (Å²) in [7, 11) is -3.51. The summed E-state index contributed by atoms with van der Waals surface area (Å²) >= 11 is 1.25. The van der Waals surface area contributed by atoms with Crippen molar-refractivity contribution in [3.05, 3.63) is 83.9 Å². The number of nitrogens with zero attached hydrogens (tertiary/aromatic N) is 2. The molecule has 174 valence electrons. The molecule has 0 spiro atoms. The third kappa shape index (κ3) is 4.68. The normalized spacial score (nSPS) is 14.4. The van der Waals surface area contributed by atoms with E-state index in [1.807, 2.05) is 42.5 Å². The molecule has 1 aliphatic heterocycles. The van der Waals surface area contributed by atoms with Crippen LogP contribution in [-0.4, -0.2) is 36.7 Å². The number of rotatable bonds is 7. The van der Waals surface area contributed by atoms with E-state index >= 15 is 0 Å². The van der Waals surface area contributed by atoms with E-state index in [1.165, 1.54) is 15.6 Å². The second-order valence-corrected chi connectivity index (χ2v) is 10.9. The number of fused-ring (bicyclic) bond motifs is 1. The molecule has 1 fully saturated rings. The smallest absolute Gasteiger partial charge is 0.257 e. The maximum atomic E-state index is 13.0. The Morgan fingerprint density at radius 1 is 1.00 bits per heavy atom. The number of hydrogen-bond donors (Lipinski definition) is 1. The van der Waals surface area contributed by atoms with Crippen molar-refractivity contribution in [1.29, 1.82) is 0 Å². The zero-order valence-electron chi connectivity index (χ0n) is 18.3. The molecule has 0 radical (unpaired) electrons. The van der Waals surface area contributed by atoms with Gasteiger partial charge in [0.1, 0.15) is 12.4 Å². The van der Waals surface area contributed by atoms with Gasteiger partial charge in [-0.2, -0.15) is 4.31 Å². The Bertz CT molecular complexity index is 1430. The first-order valence-corrected chi connectivity index (χ1v) is 13.2. The number of hydrogen-bond acceptors (Lipinski definition) is 6. The lowest BCUT2D eigenvalue weighted by Gasteiger charge is -2.15. The lowest BCUT2D eigenvalue weighted by molar-refractivity contribution is 0.102. The molecule has 4 aromatic rings. The maximum Gasteiger partial charge on any atom is 0.257 e. The summed E-state index contributed by atoms with van der Waals surface area (Å²) < 4.78 is 33.8. The number of sulfonamides is 1. The van der Waals surface area contributed by atoms with Gasteiger partial charge in [-0.1, -0.05) is 47.7 Å². The Hall–Kier alpha value is -3.27. The van der Waals surface area contributed by atoms with Gasteiger partial charge in [0.15, 0.2) is 5.13 Å². The number of amides is 1. The van der Waals surface area contributed by atoms with Crippen LogP contribution in [0.2, 0.25) is 0 Å². The molecular formula is C25H23N3O4S2. The maximum absolute atomic E-state index is 13.0. The molecule has 3 aromatic carbocycles. The number of anilines is 1. The molecule has 1 amide bonds. The van der Waals surface area contributed by atoms with Gasteiger partial charge in [-0.15, -0.1) is 0 Å². The lowest BCUT2D eigenvalue weighted by atomic mass is 10.1. The predicted octanol–water partition coefficient (Wildman–Crippen LogP) is 4.91. The zero-order chi connectivity index (χ0) is 23.5. The lowest BCUT2D eigenvalue weighted by Crippen LogP contribution is -2.27. The first-order valence-electron chi connectivity index (χ1n) is 11.0.